The van der Waals surface area contributed by atoms with Crippen LogP contribution in [-0.2, 0) is 19.3 Å². The van der Waals surface area contributed by atoms with Crippen LogP contribution in [0.15, 0.2) is 30.3 Å². The molecule has 0 aliphatic carbocycles. The fourth-order valence-corrected chi connectivity index (χ4v) is 2.83. The van der Waals surface area contributed by atoms with Crippen LogP contribution in [0.3, 0.4) is 0 Å². The van der Waals surface area contributed by atoms with Gasteiger partial charge < -0.3 is 25.0 Å². The Morgan fingerprint density at radius 1 is 1.13 bits per heavy atom. The summed E-state index contributed by atoms with van der Waals surface area (Å²) in [6.45, 7) is 2.73. The molecular weight excluding hydrogens is 419 g/mol. The first kappa shape index (κ1) is 23.8. The van der Waals surface area contributed by atoms with Gasteiger partial charge in [-0.3, -0.25) is 4.79 Å². The van der Waals surface area contributed by atoms with Crippen LogP contribution in [0.1, 0.15) is 40.9 Å². The van der Waals surface area contributed by atoms with Crippen molar-refractivity contribution in [2.75, 3.05) is 7.11 Å². The van der Waals surface area contributed by atoms with Crippen LogP contribution in [-0.4, -0.2) is 29.2 Å². The van der Waals surface area contributed by atoms with Gasteiger partial charge in [-0.25, -0.2) is 4.79 Å². The molecular formula is C21H22F3NO6. The first-order valence-corrected chi connectivity index (χ1v) is 9.18. The Labute approximate surface area is 176 Å². The molecule has 2 aromatic rings. The molecule has 0 saturated carbocycles. The summed E-state index contributed by atoms with van der Waals surface area (Å²) in [7, 11) is 1.37. The number of hydrogen-bond donors (Lipinski definition) is 3. The number of ether oxygens (including phenoxy) is 2. The van der Waals surface area contributed by atoms with Gasteiger partial charge in [-0.05, 0) is 23.8 Å². The second kappa shape index (κ2) is 9.59. The van der Waals surface area contributed by atoms with Crippen molar-refractivity contribution in [3.63, 3.8) is 0 Å². The number of carboxylic acid groups (broad SMARTS) is 1. The van der Waals surface area contributed by atoms with Crippen LogP contribution < -0.4 is 14.8 Å². The van der Waals surface area contributed by atoms with Crippen molar-refractivity contribution in [1.82, 2.24) is 5.32 Å². The number of rotatable bonds is 8. The van der Waals surface area contributed by atoms with E-state index in [1.165, 1.54) is 27.0 Å². The quantitative estimate of drug-likeness (QED) is 0.517. The Kier molecular flexibility index (Phi) is 7.37. The number of methoxy groups -OCH3 is 1. The second-order valence-corrected chi connectivity index (χ2v) is 6.95. The molecule has 0 radical (unpaired) electrons. The van der Waals surface area contributed by atoms with E-state index in [0.717, 1.165) is 12.1 Å². The number of ketones is 1. The van der Waals surface area contributed by atoms with Crippen molar-refractivity contribution in [3.05, 3.63) is 52.6 Å². The molecule has 31 heavy (non-hydrogen) atoms. The monoisotopic (exact) mass is 441 g/mol. The van der Waals surface area contributed by atoms with Gasteiger partial charge in [-0.1, -0.05) is 26.0 Å². The standard InChI is InChI=1S/C21H22F3NO6/c1-11(2)18(26)14-6-7-15(17(19(14)27)21(22,23)24)31-10-12-4-5-13(9-25-20(28)29)16(8-12)30-3/h4-8,11,25,27H,9-10H2,1-3H3,(H,28,29). The third-order valence-electron chi connectivity index (χ3n) is 4.39. The van der Waals surface area contributed by atoms with Gasteiger partial charge in [0, 0.05) is 18.0 Å². The number of carbonyl (C=O) groups excluding carboxylic acids is 1. The van der Waals surface area contributed by atoms with E-state index in [0.29, 0.717) is 16.9 Å². The molecule has 10 heteroatoms. The molecule has 168 valence electrons. The number of phenolic OH excluding ortho intramolecular Hbond substituents is 1. The number of amides is 1. The molecule has 0 atom stereocenters. The number of nitrogens with one attached hydrogen (secondary N) is 1. The number of halogens is 3. The average molecular weight is 441 g/mol. The van der Waals surface area contributed by atoms with Crippen LogP contribution >= 0.6 is 0 Å². The summed E-state index contributed by atoms with van der Waals surface area (Å²) in [5.74, 6) is -2.69. The Morgan fingerprint density at radius 3 is 2.35 bits per heavy atom. The molecule has 0 bridgehead atoms. The molecule has 2 aromatic carbocycles. The van der Waals surface area contributed by atoms with Crippen molar-refractivity contribution in [2.24, 2.45) is 5.92 Å². The predicted molar refractivity (Wildman–Crippen MR) is 104 cm³/mol. The smallest absolute Gasteiger partial charge is 0.423 e. The number of alkyl halides is 3. The van der Waals surface area contributed by atoms with E-state index < -0.39 is 46.6 Å². The third-order valence-corrected chi connectivity index (χ3v) is 4.39. The van der Waals surface area contributed by atoms with Gasteiger partial charge in [-0.15, -0.1) is 0 Å². The van der Waals surface area contributed by atoms with Crippen molar-refractivity contribution in [3.8, 4) is 17.2 Å². The van der Waals surface area contributed by atoms with E-state index in [4.69, 9.17) is 14.6 Å². The highest BCUT2D eigenvalue weighted by Gasteiger charge is 2.39. The minimum absolute atomic E-state index is 0.0168. The van der Waals surface area contributed by atoms with Gasteiger partial charge in [0.25, 0.3) is 0 Å². The summed E-state index contributed by atoms with van der Waals surface area (Å²) < 4.78 is 51.2. The molecule has 0 aliphatic rings. The lowest BCUT2D eigenvalue weighted by atomic mass is 9.97. The Balaban J connectivity index is 2.31. The summed E-state index contributed by atoms with van der Waals surface area (Å²) in [5.41, 5.74) is -0.871. The highest BCUT2D eigenvalue weighted by molar-refractivity contribution is 6.00. The summed E-state index contributed by atoms with van der Waals surface area (Å²) >= 11 is 0. The summed E-state index contributed by atoms with van der Waals surface area (Å²) in [4.78, 5) is 22.7. The van der Waals surface area contributed by atoms with Gasteiger partial charge in [0.1, 0.15) is 29.4 Å². The van der Waals surface area contributed by atoms with Gasteiger partial charge in [0.15, 0.2) is 5.78 Å². The number of carbonyl (C=O) groups is 2. The molecule has 1 amide bonds. The van der Waals surface area contributed by atoms with Crippen molar-refractivity contribution < 1.29 is 42.4 Å². The molecule has 7 nitrogen and oxygen atoms in total. The lowest BCUT2D eigenvalue weighted by Gasteiger charge is -2.18. The number of Topliss-reactive ketones (excluding diaryl/α,β-unsaturated/α-hetero) is 1. The van der Waals surface area contributed by atoms with Crippen molar-refractivity contribution in [1.29, 1.82) is 0 Å². The molecule has 0 fully saturated rings. The zero-order chi connectivity index (χ0) is 23.3. The van der Waals surface area contributed by atoms with E-state index in [2.05, 4.69) is 5.32 Å². The fourth-order valence-electron chi connectivity index (χ4n) is 2.83. The first-order valence-electron chi connectivity index (χ1n) is 9.18. The molecule has 0 unspecified atom stereocenters. The molecule has 3 N–H and O–H groups in total. The van der Waals surface area contributed by atoms with Crippen molar-refractivity contribution >= 4 is 11.9 Å². The van der Waals surface area contributed by atoms with E-state index in [1.54, 1.807) is 12.1 Å². The first-order chi connectivity index (χ1) is 14.5. The Morgan fingerprint density at radius 2 is 1.81 bits per heavy atom. The van der Waals surface area contributed by atoms with E-state index in [-0.39, 0.29) is 13.2 Å². The molecule has 0 spiro atoms. The topological polar surface area (TPSA) is 105 Å². The number of phenols is 1. The lowest BCUT2D eigenvalue weighted by molar-refractivity contribution is -0.140. The molecule has 0 saturated heterocycles. The molecule has 2 rings (SSSR count). The van der Waals surface area contributed by atoms with Gasteiger partial charge in [0.05, 0.1) is 12.7 Å². The van der Waals surface area contributed by atoms with Gasteiger partial charge in [0.2, 0.25) is 0 Å². The highest BCUT2D eigenvalue weighted by atomic mass is 19.4. The third kappa shape index (κ3) is 5.80. The summed E-state index contributed by atoms with van der Waals surface area (Å²) in [5, 5.41) is 21.0. The summed E-state index contributed by atoms with van der Waals surface area (Å²) in [6.07, 6.45) is -6.16. The average Bonchev–Trinajstić information content (AvgIpc) is 2.69. The second-order valence-electron chi connectivity index (χ2n) is 6.95. The number of benzene rings is 2. The lowest BCUT2D eigenvalue weighted by Crippen LogP contribution is -2.20. The van der Waals surface area contributed by atoms with Crippen molar-refractivity contribution in [2.45, 2.75) is 33.2 Å². The van der Waals surface area contributed by atoms with E-state index in [9.17, 15) is 27.9 Å². The van der Waals surface area contributed by atoms with Gasteiger partial charge in [-0.2, -0.15) is 13.2 Å². The van der Waals surface area contributed by atoms with E-state index >= 15 is 0 Å². The molecule has 0 aromatic heterocycles. The van der Waals surface area contributed by atoms with Crippen LogP contribution in [0, 0.1) is 5.92 Å². The zero-order valence-electron chi connectivity index (χ0n) is 17.0. The van der Waals surface area contributed by atoms with Crippen LogP contribution in [0.25, 0.3) is 0 Å². The number of hydrogen-bond acceptors (Lipinski definition) is 5. The predicted octanol–water partition coefficient (Wildman–Crippen LogP) is 4.60. The maximum Gasteiger partial charge on any atom is 0.423 e. The van der Waals surface area contributed by atoms with E-state index in [1.807, 2.05) is 0 Å². The minimum Gasteiger partial charge on any atom is -0.506 e. The van der Waals surface area contributed by atoms with Gasteiger partial charge >= 0.3 is 12.3 Å². The van der Waals surface area contributed by atoms with Crippen LogP contribution in [0.2, 0.25) is 0 Å². The number of aromatic hydroxyl groups is 1. The largest absolute Gasteiger partial charge is 0.506 e. The maximum absolute atomic E-state index is 13.6. The fraction of sp³-hybridized carbons (Fsp3) is 0.333. The normalized spacial score (nSPS) is 11.3. The Hall–Kier alpha value is -3.43. The molecule has 0 aliphatic heterocycles. The maximum atomic E-state index is 13.6. The zero-order valence-corrected chi connectivity index (χ0v) is 17.0. The summed E-state index contributed by atoms with van der Waals surface area (Å²) in [6, 6.07) is 6.71. The molecule has 0 heterocycles. The Bertz CT molecular complexity index is 972. The highest BCUT2D eigenvalue weighted by Crippen LogP contribution is 2.44. The minimum atomic E-state index is -4.95. The SMILES string of the molecule is COc1cc(COc2ccc(C(=O)C(C)C)c(O)c2C(F)(F)F)ccc1CNC(=O)O. The van der Waals surface area contributed by atoms with Crippen LogP contribution in [0.4, 0.5) is 18.0 Å². The van der Waals surface area contributed by atoms with Crippen LogP contribution in [0.5, 0.6) is 17.2 Å².